The van der Waals surface area contributed by atoms with Crippen LogP contribution < -0.4 is 16.0 Å². The van der Waals surface area contributed by atoms with Crippen LogP contribution in [-0.4, -0.2) is 30.0 Å². The molecule has 2 heterocycles. The van der Waals surface area contributed by atoms with Gasteiger partial charge < -0.3 is 16.0 Å². The Morgan fingerprint density at radius 2 is 2.53 bits per heavy atom. The summed E-state index contributed by atoms with van der Waals surface area (Å²) < 4.78 is 0. The molecule has 15 heavy (non-hydrogen) atoms. The van der Waals surface area contributed by atoms with Gasteiger partial charge in [0.15, 0.2) is 5.82 Å². The van der Waals surface area contributed by atoms with E-state index in [0.717, 1.165) is 5.69 Å². The van der Waals surface area contributed by atoms with E-state index >= 15 is 0 Å². The summed E-state index contributed by atoms with van der Waals surface area (Å²) in [6.45, 7) is 2.93. The molecule has 0 radical (unpaired) electrons. The summed E-state index contributed by atoms with van der Waals surface area (Å²) in [5.74, 6) is 0.580. The lowest BCUT2D eigenvalue weighted by Gasteiger charge is -2.31. The number of rotatable bonds is 2. The number of fused-ring (bicyclic) bond motifs is 1. The molecule has 0 saturated heterocycles. The van der Waals surface area contributed by atoms with Gasteiger partial charge in [0.25, 0.3) is 0 Å². The minimum atomic E-state index is -0.0400. The molecule has 0 spiro atoms. The van der Waals surface area contributed by atoms with Crippen LogP contribution in [0.15, 0.2) is 18.3 Å². The Morgan fingerprint density at radius 3 is 3.27 bits per heavy atom. The molecular weight excluding hydrogens is 192 g/mol. The van der Waals surface area contributed by atoms with Gasteiger partial charge in [0.1, 0.15) is 0 Å². The smallest absolute Gasteiger partial charge is 0.245 e. The summed E-state index contributed by atoms with van der Waals surface area (Å²) in [5, 5.41) is 2.73. The highest BCUT2D eigenvalue weighted by Gasteiger charge is 2.22. The van der Waals surface area contributed by atoms with Gasteiger partial charge in [-0.2, -0.15) is 0 Å². The molecule has 0 aromatic carbocycles. The average Bonchev–Trinajstić information content (AvgIpc) is 2.16. The first kappa shape index (κ1) is 9.92. The van der Waals surface area contributed by atoms with Crippen LogP contribution in [0.4, 0.5) is 11.5 Å². The molecule has 3 N–H and O–H groups in total. The molecule has 1 aliphatic heterocycles. The predicted octanol–water partition coefficient (Wildman–Crippen LogP) is 0.187. The molecule has 1 aromatic heterocycles. The molecule has 0 bridgehead atoms. The summed E-state index contributed by atoms with van der Waals surface area (Å²) in [5.41, 5.74) is 6.67. The van der Waals surface area contributed by atoms with E-state index < -0.39 is 0 Å². The monoisotopic (exact) mass is 206 g/mol. The summed E-state index contributed by atoms with van der Waals surface area (Å²) in [6.07, 6.45) is 1.66. The molecule has 1 amide bonds. The van der Waals surface area contributed by atoms with Crippen molar-refractivity contribution >= 4 is 17.4 Å². The maximum Gasteiger partial charge on any atom is 0.245 e. The second-order valence-electron chi connectivity index (χ2n) is 3.78. The molecule has 2 rings (SSSR count). The number of nitrogens with one attached hydrogen (secondary N) is 1. The molecule has 1 atom stereocenters. The zero-order chi connectivity index (χ0) is 10.8. The highest BCUT2D eigenvalue weighted by Crippen LogP contribution is 2.26. The van der Waals surface area contributed by atoms with Crippen molar-refractivity contribution in [2.24, 2.45) is 5.73 Å². The first-order valence-corrected chi connectivity index (χ1v) is 4.92. The zero-order valence-corrected chi connectivity index (χ0v) is 8.60. The number of hydrogen-bond acceptors (Lipinski definition) is 4. The van der Waals surface area contributed by atoms with Crippen LogP contribution in [-0.2, 0) is 4.79 Å². The van der Waals surface area contributed by atoms with E-state index in [4.69, 9.17) is 5.73 Å². The molecule has 5 heteroatoms. The Morgan fingerprint density at radius 1 is 1.73 bits per heavy atom. The molecule has 80 valence electrons. The van der Waals surface area contributed by atoms with Gasteiger partial charge in [-0.3, -0.25) is 4.79 Å². The number of carbonyl (C=O) groups excluding carboxylic acids is 1. The molecule has 1 aromatic rings. The maximum absolute atomic E-state index is 11.4. The Labute approximate surface area is 88.3 Å². The van der Waals surface area contributed by atoms with Crippen molar-refractivity contribution in [2.45, 2.75) is 13.0 Å². The van der Waals surface area contributed by atoms with Crippen molar-refractivity contribution in [2.75, 3.05) is 23.3 Å². The van der Waals surface area contributed by atoms with E-state index in [1.165, 1.54) is 0 Å². The Bertz CT molecular complexity index is 377. The third-order valence-corrected chi connectivity index (χ3v) is 2.23. The van der Waals surface area contributed by atoms with Gasteiger partial charge in [0, 0.05) is 18.8 Å². The minimum Gasteiger partial charge on any atom is -0.358 e. The number of aromatic nitrogens is 1. The Hall–Kier alpha value is -1.62. The van der Waals surface area contributed by atoms with Gasteiger partial charge in [0.05, 0.1) is 12.2 Å². The Balaban J connectivity index is 2.30. The normalized spacial score (nSPS) is 16.9. The lowest BCUT2D eigenvalue weighted by atomic mass is 10.2. The summed E-state index contributed by atoms with van der Waals surface area (Å²) in [6, 6.07) is 3.82. The summed E-state index contributed by atoms with van der Waals surface area (Å²) in [4.78, 5) is 17.4. The fourth-order valence-corrected chi connectivity index (χ4v) is 1.69. The third kappa shape index (κ3) is 2.07. The number of carbonyl (C=O) groups is 1. The van der Waals surface area contributed by atoms with Gasteiger partial charge in [-0.05, 0) is 19.1 Å². The second kappa shape index (κ2) is 3.86. The number of nitrogens with zero attached hydrogens (tertiary/aromatic N) is 2. The van der Waals surface area contributed by atoms with Crippen molar-refractivity contribution in [1.29, 1.82) is 0 Å². The molecule has 1 aliphatic rings. The van der Waals surface area contributed by atoms with Crippen LogP contribution in [0.1, 0.15) is 6.92 Å². The van der Waals surface area contributed by atoms with E-state index in [9.17, 15) is 4.79 Å². The first-order valence-electron chi connectivity index (χ1n) is 4.92. The molecular formula is C10H14N4O. The van der Waals surface area contributed by atoms with E-state index in [-0.39, 0.29) is 11.9 Å². The van der Waals surface area contributed by atoms with Crippen molar-refractivity contribution < 1.29 is 4.79 Å². The second-order valence-corrected chi connectivity index (χ2v) is 3.78. The predicted molar refractivity (Wildman–Crippen MR) is 58.7 cm³/mol. The minimum absolute atomic E-state index is 0.0314. The fourth-order valence-electron chi connectivity index (χ4n) is 1.69. The van der Waals surface area contributed by atoms with E-state index in [0.29, 0.717) is 18.9 Å². The van der Waals surface area contributed by atoms with Crippen molar-refractivity contribution in [1.82, 2.24) is 4.98 Å². The highest BCUT2D eigenvalue weighted by molar-refractivity contribution is 5.99. The third-order valence-electron chi connectivity index (χ3n) is 2.23. The Kier molecular flexibility index (Phi) is 2.55. The van der Waals surface area contributed by atoms with Gasteiger partial charge in [-0.1, -0.05) is 0 Å². The van der Waals surface area contributed by atoms with Crippen molar-refractivity contribution in [3.8, 4) is 0 Å². The lowest BCUT2D eigenvalue weighted by Crippen LogP contribution is -2.43. The average molecular weight is 206 g/mol. The molecule has 0 aliphatic carbocycles. The van der Waals surface area contributed by atoms with Crippen molar-refractivity contribution in [3.05, 3.63) is 18.3 Å². The molecule has 0 saturated carbocycles. The molecule has 1 unspecified atom stereocenters. The number of nitrogens with two attached hydrogens (primary N) is 1. The van der Waals surface area contributed by atoms with E-state index in [2.05, 4.69) is 10.3 Å². The fraction of sp³-hybridized carbons (Fsp3) is 0.400. The zero-order valence-electron chi connectivity index (χ0n) is 8.60. The lowest BCUT2D eigenvalue weighted by molar-refractivity contribution is -0.115. The van der Waals surface area contributed by atoms with Gasteiger partial charge in [-0.15, -0.1) is 0 Å². The van der Waals surface area contributed by atoms with E-state index in [1.54, 1.807) is 6.20 Å². The number of hydrogen-bond donors (Lipinski definition) is 2. The summed E-state index contributed by atoms with van der Waals surface area (Å²) in [7, 11) is 0. The largest absolute Gasteiger partial charge is 0.358 e. The van der Waals surface area contributed by atoms with Gasteiger partial charge in [0.2, 0.25) is 5.91 Å². The van der Waals surface area contributed by atoms with E-state index in [1.807, 2.05) is 24.0 Å². The maximum atomic E-state index is 11.4. The molecule has 0 fully saturated rings. The topological polar surface area (TPSA) is 71.2 Å². The van der Waals surface area contributed by atoms with Crippen molar-refractivity contribution in [3.63, 3.8) is 0 Å². The van der Waals surface area contributed by atoms with Crippen LogP contribution in [0.2, 0.25) is 0 Å². The highest BCUT2D eigenvalue weighted by atomic mass is 16.2. The number of amides is 1. The van der Waals surface area contributed by atoms with Crippen LogP contribution in [0.25, 0.3) is 0 Å². The van der Waals surface area contributed by atoms with Crippen LogP contribution in [0.3, 0.4) is 0 Å². The first-order chi connectivity index (χ1) is 7.16. The SMILES string of the molecule is CC(N)CN1CC(=O)Nc2ncccc21. The summed E-state index contributed by atoms with van der Waals surface area (Å²) >= 11 is 0. The quantitative estimate of drug-likeness (QED) is 0.724. The van der Waals surface area contributed by atoms with Gasteiger partial charge >= 0.3 is 0 Å². The standard InChI is InChI=1S/C10H14N4O/c1-7(11)5-14-6-9(15)13-10-8(14)3-2-4-12-10/h2-4,7H,5-6,11H2,1H3,(H,12,13,15). The van der Waals surface area contributed by atoms with Crippen LogP contribution in [0, 0.1) is 0 Å². The van der Waals surface area contributed by atoms with Crippen LogP contribution >= 0.6 is 0 Å². The number of pyridine rings is 1. The van der Waals surface area contributed by atoms with Gasteiger partial charge in [-0.25, -0.2) is 4.98 Å². The van der Waals surface area contributed by atoms with Crippen LogP contribution in [0.5, 0.6) is 0 Å². The molecule has 5 nitrogen and oxygen atoms in total. The number of anilines is 2.